The molecule has 0 bridgehead atoms. The lowest BCUT2D eigenvalue weighted by atomic mass is 10.1. The topological polar surface area (TPSA) is 58.6 Å². The summed E-state index contributed by atoms with van der Waals surface area (Å²) in [5.74, 6) is 0. The third kappa shape index (κ3) is 27.8. The van der Waals surface area contributed by atoms with Gasteiger partial charge in [0.1, 0.15) is 0 Å². The second-order valence-corrected chi connectivity index (χ2v) is 8.46. The van der Waals surface area contributed by atoms with Crippen LogP contribution in [0, 0.1) is 0 Å². The quantitative estimate of drug-likeness (QED) is 0.146. The van der Waals surface area contributed by atoms with E-state index in [4.69, 9.17) is 28.4 Å². The molecular weight excluding hydrogens is 422 g/mol. The van der Waals surface area contributed by atoms with Crippen molar-refractivity contribution in [2.75, 3.05) is 99.9 Å². The zero-order valence-corrected chi connectivity index (χ0v) is 22.2. The van der Waals surface area contributed by atoms with Crippen LogP contribution in [0.1, 0.15) is 71.1 Å². The van der Waals surface area contributed by atoms with E-state index in [0.29, 0.717) is 52.9 Å². The lowest BCUT2D eigenvalue weighted by molar-refractivity contribution is 0.00922. The van der Waals surface area contributed by atoms with Crippen LogP contribution in [-0.2, 0) is 28.4 Å². The van der Waals surface area contributed by atoms with Crippen molar-refractivity contribution < 1.29 is 28.4 Å². The summed E-state index contributed by atoms with van der Waals surface area (Å²) in [7, 11) is 3.36. The van der Waals surface area contributed by atoms with E-state index in [9.17, 15) is 0 Å². The fourth-order valence-corrected chi connectivity index (χ4v) is 3.47. The number of nitrogens with zero attached hydrogens (tertiary/aromatic N) is 1. The Morgan fingerprint density at radius 1 is 0.394 bits per heavy atom. The maximum absolute atomic E-state index is 5.75. The Morgan fingerprint density at radius 2 is 0.758 bits per heavy atom. The SMILES string of the molecule is CCCCCCCCCCCCN(CCOCCOCCOC)CCOCCOCCOC. The van der Waals surface area contributed by atoms with E-state index in [1.807, 2.05) is 0 Å². The molecule has 0 aromatic heterocycles. The number of hydrogen-bond donors (Lipinski definition) is 0. The van der Waals surface area contributed by atoms with E-state index in [2.05, 4.69) is 11.8 Å². The summed E-state index contributed by atoms with van der Waals surface area (Å²) in [6.07, 6.45) is 13.6. The van der Waals surface area contributed by atoms with Crippen molar-refractivity contribution in [3.8, 4) is 0 Å². The fraction of sp³-hybridized carbons (Fsp3) is 1.00. The summed E-state index contributed by atoms with van der Waals surface area (Å²) in [6, 6.07) is 0. The molecule has 7 heteroatoms. The highest BCUT2D eigenvalue weighted by Gasteiger charge is 2.05. The van der Waals surface area contributed by atoms with Crippen molar-refractivity contribution in [2.24, 2.45) is 0 Å². The van der Waals surface area contributed by atoms with E-state index in [1.165, 1.54) is 64.2 Å². The van der Waals surface area contributed by atoms with Crippen LogP contribution in [0.5, 0.6) is 0 Å². The first-order valence-corrected chi connectivity index (χ1v) is 13.4. The van der Waals surface area contributed by atoms with Crippen molar-refractivity contribution in [2.45, 2.75) is 71.1 Å². The molecule has 0 spiro atoms. The molecule has 7 nitrogen and oxygen atoms in total. The van der Waals surface area contributed by atoms with E-state index in [1.54, 1.807) is 14.2 Å². The first-order chi connectivity index (χ1) is 16.3. The molecule has 0 heterocycles. The highest BCUT2D eigenvalue weighted by molar-refractivity contribution is 4.59. The van der Waals surface area contributed by atoms with Crippen LogP contribution in [0.25, 0.3) is 0 Å². The van der Waals surface area contributed by atoms with Gasteiger partial charge in [-0.2, -0.15) is 0 Å². The number of hydrogen-bond acceptors (Lipinski definition) is 7. The maximum atomic E-state index is 5.75. The summed E-state index contributed by atoms with van der Waals surface area (Å²) in [5, 5.41) is 0. The van der Waals surface area contributed by atoms with Gasteiger partial charge in [-0.1, -0.05) is 64.7 Å². The van der Waals surface area contributed by atoms with E-state index < -0.39 is 0 Å². The van der Waals surface area contributed by atoms with Crippen LogP contribution in [0.2, 0.25) is 0 Å². The average molecular weight is 478 g/mol. The van der Waals surface area contributed by atoms with E-state index in [0.717, 1.165) is 32.8 Å². The number of methoxy groups -OCH3 is 2. The molecule has 0 atom stereocenters. The highest BCUT2D eigenvalue weighted by Crippen LogP contribution is 2.10. The lowest BCUT2D eigenvalue weighted by Crippen LogP contribution is -2.32. The first-order valence-electron chi connectivity index (χ1n) is 13.4. The van der Waals surface area contributed by atoms with Crippen LogP contribution in [0.3, 0.4) is 0 Å². The molecule has 0 N–H and O–H groups in total. The monoisotopic (exact) mass is 477 g/mol. The lowest BCUT2D eigenvalue weighted by Gasteiger charge is -2.22. The van der Waals surface area contributed by atoms with Crippen LogP contribution in [0.15, 0.2) is 0 Å². The smallest absolute Gasteiger partial charge is 0.0701 e. The van der Waals surface area contributed by atoms with Gasteiger partial charge >= 0.3 is 0 Å². The highest BCUT2D eigenvalue weighted by atomic mass is 16.5. The van der Waals surface area contributed by atoms with Gasteiger partial charge in [-0.25, -0.2) is 0 Å². The average Bonchev–Trinajstić information content (AvgIpc) is 2.83. The summed E-state index contributed by atoms with van der Waals surface area (Å²) < 4.78 is 32.3. The zero-order chi connectivity index (χ0) is 24.1. The van der Waals surface area contributed by atoms with Gasteiger partial charge in [-0.05, 0) is 13.0 Å². The van der Waals surface area contributed by atoms with Crippen LogP contribution < -0.4 is 0 Å². The van der Waals surface area contributed by atoms with Gasteiger partial charge in [-0.3, -0.25) is 4.90 Å². The molecule has 0 rings (SSSR count). The van der Waals surface area contributed by atoms with Gasteiger partial charge < -0.3 is 28.4 Å². The van der Waals surface area contributed by atoms with Crippen molar-refractivity contribution >= 4 is 0 Å². The molecule has 0 saturated carbocycles. The normalized spacial score (nSPS) is 11.6. The molecule has 0 aliphatic rings. The Labute approximate surface area is 204 Å². The maximum Gasteiger partial charge on any atom is 0.0701 e. The zero-order valence-electron chi connectivity index (χ0n) is 22.2. The number of ether oxygens (including phenoxy) is 6. The fourth-order valence-electron chi connectivity index (χ4n) is 3.47. The van der Waals surface area contributed by atoms with Crippen LogP contribution >= 0.6 is 0 Å². The van der Waals surface area contributed by atoms with Gasteiger partial charge in [0.05, 0.1) is 66.1 Å². The van der Waals surface area contributed by atoms with Crippen LogP contribution in [-0.4, -0.2) is 105 Å². The first kappa shape index (κ1) is 32.7. The molecule has 33 heavy (non-hydrogen) atoms. The Balaban J connectivity index is 3.83. The second kappa shape index (κ2) is 29.8. The standard InChI is InChI=1S/C26H55NO6/c1-4-5-6-7-8-9-10-11-12-13-14-27(15-17-30-23-25-32-21-19-28-2)16-18-31-24-26-33-22-20-29-3/h4-26H2,1-3H3. The van der Waals surface area contributed by atoms with Gasteiger partial charge in [-0.15, -0.1) is 0 Å². The third-order valence-electron chi connectivity index (χ3n) is 5.54. The Morgan fingerprint density at radius 3 is 1.18 bits per heavy atom. The molecule has 0 aromatic rings. The van der Waals surface area contributed by atoms with Gasteiger partial charge in [0.15, 0.2) is 0 Å². The molecule has 0 fully saturated rings. The summed E-state index contributed by atoms with van der Waals surface area (Å²) >= 11 is 0. The summed E-state index contributed by atoms with van der Waals surface area (Å²) in [6.45, 7) is 11.7. The number of unbranched alkanes of at least 4 members (excludes halogenated alkanes) is 9. The second-order valence-electron chi connectivity index (χ2n) is 8.46. The third-order valence-corrected chi connectivity index (χ3v) is 5.54. The minimum absolute atomic E-state index is 0.619. The molecule has 0 unspecified atom stereocenters. The summed E-state index contributed by atoms with van der Waals surface area (Å²) in [4.78, 5) is 2.46. The molecule has 0 aliphatic carbocycles. The van der Waals surface area contributed by atoms with E-state index >= 15 is 0 Å². The largest absolute Gasteiger partial charge is 0.382 e. The number of rotatable bonds is 29. The van der Waals surface area contributed by atoms with Gasteiger partial charge in [0.2, 0.25) is 0 Å². The van der Waals surface area contributed by atoms with Crippen molar-refractivity contribution in [1.82, 2.24) is 4.90 Å². The predicted molar refractivity (Wildman–Crippen MR) is 135 cm³/mol. The Kier molecular flexibility index (Phi) is 29.5. The molecule has 0 amide bonds. The summed E-state index contributed by atoms with van der Waals surface area (Å²) in [5.41, 5.74) is 0. The van der Waals surface area contributed by atoms with E-state index in [-0.39, 0.29) is 0 Å². The van der Waals surface area contributed by atoms with Crippen molar-refractivity contribution in [3.63, 3.8) is 0 Å². The molecule has 200 valence electrons. The molecular formula is C26H55NO6. The van der Waals surface area contributed by atoms with Crippen molar-refractivity contribution in [3.05, 3.63) is 0 Å². The molecule has 0 aromatic carbocycles. The van der Waals surface area contributed by atoms with Crippen LogP contribution in [0.4, 0.5) is 0 Å². The molecule has 0 saturated heterocycles. The molecule has 0 radical (unpaired) electrons. The minimum atomic E-state index is 0.619. The molecule has 0 aliphatic heterocycles. The Hall–Kier alpha value is -0.280. The minimum Gasteiger partial charge on any atom is -0.382 e. The van der Waals surface area contributed by atoms with Crippen molar-refractivity contribution in [1.29, 1.82) is 0 Å². The predicted octanol–water partition coefficient (Wildman–Crippen LogP) is 4.57. The van der Waals surface area contributed by atoms with Gasteiger partial charge in [0.25, 0.3) is 0 Å². The van der Waals surface area contributed by atoms with Gasteiger partial charge in [0, 0.05) is 27.3 Å². The Bertz CT molecular complexity index is 329.